The van der Waals surface area contributed by atoms with Crippen molar-refractivity contribution in [3.63, 3.8) is 0 Å². The summed E-state index contributed by atoms with van der Waals surface area (Å²) in [5.41, 5.74) is -0.178. The molecule has 0 spiro atoms. The summed E-state index contributed by atoms with van der Waals surface area (Å²) in [5.74, 6) is -1.11. The summed E-state index contributed by atoms with van der Waals surface area (Å²) in [4.78, 5) is 23.4. The zero-order valence-electron chi connectivity index (χ0n) is 11.6. The van der Waals surface area contributed by atoms with Crippen LogP contribution in [0, 0.1) is 15.9 Å². The molecule has 0 aliphatic heterocycles. The zero-order valence-corrected chi connectivity index (χ0v) is 11.6. The highest BCUT2D eigenvalue weighted by atomic mass is 19.1. The van der Waals surface area contributed by atoms with Crippen LogP contribution in [0.25, 0.3) is 0 Å². The van der Waals surface area contributed by atoms with Gasteiger partial charge >= 0.3 is 5.97 Å². The topological polar surface area (TPSA) is 72.7 Å². The lowest BCUT2D eigenvalue weighted by Crippen LogP contribution is -2.37. The maximum Gasteiger partial charge on any atom is 0.325 e. The van der Waals surface area contributed by atoms with Gasteiger partial charge in [-0.25, -0.2) is 4.39 Å². The number of ether oxygens (including phenoxy) is 1. The maximum atomic E-state index is 13.4. The molecule has 6 nitrogen and oxygen atoms in total. The molecule has 0 N–H and O–H groups in total. The van der Waals surface area contributed by atoms with Crippen molar-refractivity contribution >= 4 is 17.3 Å². The number of carbonyl (C=O) groups excluding carboxylic acids is 1. The Morgan fingerprint density at radius 2 is 2.15 bits per heavy atom. The summed E-state index contributed by atoms with van der Waals surface area (Å²) in [6.45, 7) is 5.23. The van der Waals surface area contributed by atoms with Gasteiger partial charge < -0.3 is 9.64 Å². The average molecular weight is 284 g/mol. The monoisotopic (exact) mass is 284 g/mol. The summed E-state index contributed by atoms with van der Waals surface area (Å²) >= 11 is 0. The van der Waals surface area contributed by atoms with Crippen LogP contribution < -0.4 is 4.90 Å². The van der Waals surface area contributed by atoms with Crippen LogP contribution in [0.3, 0.4) is 0 Å². The number of hydrogen-bond donors (Lipinski definition) is 0. The first-order valence-corrected chi connectivity index (χ1v) is 6.23. The maximum absolute atomic E-state index is 13.4. The van der Waals surface area contributed by atoms with Gasteiger partial charge in [-0.05, 0) is 26.8 Å². The highest BCUT2D eigenvalue weighted by molar-refractivity contribution is 5.78. The van der Waals surface area contributed by atoms with Crippen molar-refractivity contribution in [2.75, 3.05) is 18.1 Å². The molecule has 0 amide bonds. The van der Waals surface area contributed by atoms with E-state index in [1.54, 1.807) is 20.8 Å². The Bertz CT molecular complexity index is 505. The van der Waals surface area contributed by atoms with Crippen molar-refractivity contribution < 1.29 is 18.8 Å². The smallest absolute Gasteiger partial charge is 0.325 e. The van der Waals surface area contributed by atoms with Gasteiger partial charge in [0.1, 0.15) is 18.0 Å². The quantitative estimate of drug-likeness (QED) is 0.456. The predicted molar refractivity (Wildman–Crippen MR) is 72.2 cm³/mol. The Labute approximate surface area is 116 Å². The molecule has 0 atom stereocenters. The number of anilines is 1. The molecule has 1 aromatic rings. The van der Waals surface area contributed by atoms with Gasteiger partial charge in [0, 0.05) is 18.2 Å². The number of halogens is 1. The first kappa shape index (κ1) is 15.9. The van der Waals surface area contributed by atoms with E-state index in [0.29, 0.717) is 0 Å². The SMILES string of the molecule is CCOC(=O)CN(c1cc(F)ccc1[N+](=O)[O-])C(C)C. The zero-order chi connectivity index (χ0) is 15.3. The molecule has 0 unspecified atom stereocenters. The average Bonchev–Trinajstić information content (AvgIpc) is 2.35. The lowest BCUT2D eigenvalue weighted by molar-refractivity contribution is -0.384. The third kappa shape index (κ3) is 3.91. The fraction of sp³-hybridized carbons (Fsp3) is 0.462. The second-order valence-electron chi connectivity index (χ2n) is 4.42. The molecule has 0 heterocycles. The Morgan fingerprint density at radius 3 is 2.65 bits per heavy atom. The van der Waals surface area contributed by atoms with Gasteiger partial charge in [-0.15, -0.1) is 0 Å². The van der Waals surface area contributed by atoms with Gasteiger partial charge in [0.25, 0.3) is 5.69 Å². The molecule has 0 aliphatic rings. The molecule has 0 aliphatic carbocycles. The molecule has 0 aromatic heterocycles. The lowest BCUT2D eigenvalue weighted by Gasteiger charge is -2.27. The van der Waals surface area contributed by atoms with Crippen LogP contribution in [0.4, 0.5) is 15.8 Å². The van der Waals surface area contributed by atoms with Gasteiger partial charge in [0.05, 0.1) is 11.5 Å². The van der Waals surface area contributed by atoms with Gasteiger partial charge in [-0.3, -0.25) is 14.9 Å². The number of esters is 1. The van der Waals surface area contributed by atoms with E-state index in [1.165, 1.54) is 4.90 Å². The largest absolute Gasteiger partial charge is 0.465 e. The van der Waals surface area contributed by atoms with Crippen molar-refractivity contribution in [1.82, 2.24) is 0 Å². The molecular formula is C13H17FN2O4. The molecule has 0 radical (unpaired) electrons. The Kier molecular flexibility index (Phi) is 5.42. The first-order valence-electron chi connectivity index (χ1n) is 6.23. The van der Waals surface area contributed by atoms with Crippen LogP contribution in [0.15, 0.2) is 18.2 Å². The molecule has 1 aromatic carbocycles. The van der Waals surface area contributed by atoms with Crippen LogP contribution >= 0.6 is 0 Å². The van der Waals surface area contributed by atoms with Crippen molar-refractivity contribution in [2.24, 2.45) is 0 Å². The molecule has 0 saturated heterocycles. The third-order valence-electron chi connectivity index (χ3n) is 2.67. The van der Waals surface area contributed by atoms with Crippen LogP contribution in [0.2, 0.25) is 0 Å². The minimum Gasteiger partial charge on any atom is -0.465 e. The number of carbonyl (C=O) groups is 1. The summed E-state index contributed by atoms with van der Waals surface area (Å²) in [7, 11) is 0. The fourth-order valence-electron chi connectivity index (χ4n) is 1.77. The van der Waals surface area contributed by atoms with Crippen LogP contribution in [0.1, 0.15) is 20.8 Å². The van der Waals surface area contributed by atoms with Crippen LogP contribution in [-0.4, -0.2) is 30.1 Å². The number of nitro groups is 1. The Hall–Kier alpha value is -2.18. The lowest BCUT2D eigenvalue weighted by atomic mass is 10.2. The normalized spacial score (nSPS) is 10.4. The van der Waals surface area contributed by atoms with E-state index in [4.69, 9.17) is 4.74 Å². The molecule has 20 heavy (non-hydrogen) atoms. The van der Waals surface area contributed by atoms with Gasteiger partial charge in [-0.2, -0.15) is 0 Å². The minimum atomic E-state index is -0.602. The minimum absolute atomic E-state index is 0.0676. The van der Waals surface area contributed by atoms with E-state index in [0.717, 1.165) is 18.2 Å². The number of rotatable bonds is 6. The third-order valence-corrected chi connectivity index (χ3v) is 2.67. The van der Waals surface area contributed by atoms with E-state index >= 15 is 0 Å². The summed E-state index contributed by atoms with van der Waals surface area (Å²) in [6, 6.07) is 2.94. The van der Waals surface area contributed by atoms with Crippen molar-refractivity contribution in [2.45, 2.75) is 26.8 Å². The highest BCUT2D eigenvalue weighted by Gasteiger charge is 2.24. The molecule has 1 rings (SSSR count). The number of benzene rings is 1. The van der Waals surface area contributed by atoms with Crippen molar-refractivity contribution in [3.8, 4) is 0 Å². The molecule has 7 heteroatoms. The fourth-order valence-corrected chi connectivity index (χ4v) is 1.77. The molecule has 0 fully saturated rings. The van der Waals surface area contributed by atoms with E-state index in [1.807, 2.05) is 0 Å². The van der Waals surface area contributed by atoms with Crippen molar-refractivity contribution in [1.29, 1.82) is 0 Å². The van der Waals surface area contributed by atoms with E-state index in [2.05, 4.69) is 0 Å². The summed E-state index contributed by atoms with van der Waals surface area (Å²) < 4.78 is 18.2. The molecule has 0 saturated carbocycles. The summed E-state index contributed by atoms with van der Waals surface area (Å²) in [6.07, 6.45) is 0. The predicted octanol–water partition coefficient (Wildman–Crippen LogP) is 2.51. The number of nitrogens with zero attached hydrogens (tertiary/aromatic N) is 2. The highest BCUT2D eigenvalue weighted by Crippen LogP contribution is 2.30. The molecule has 0 bridgehead atoms. The van der Waals surface area contributed by atoms with Crippen LogP contribution in [0.5, 0.6) is 0 Å². The molecule has 110 valence electrons. The Morgan fingerprint density at radius 1 is 1.50 bits per heavy atom. The second-order valence-corrected chi connectivity index (χ2v) is 4.42. The number of hydrogen-bond acceptors (Lipinski definition) is 5. The second kappa shape index (κ2) is 6.83. The molecular weight excluding hydrogens is 267 g/mol. The van der Waals surface area contributed by atoms with E-state index in [9.17, 15) is 19.3 Å². The van der Waals surface area contributed by atoms with E-state index in [-0.39, 0.29) is 30.6 Å². The summed E-state index contributed by atoms with van der Waals surface area (Å²) in [5, 5.41) is 11.0. The number of nitro benzene ring substituents is 1. The van der Waals surface area contributed by atoms with Gasteiger partial charge in [0.15, 0.2) is 0 Å². The first-order chi connectivity index (χ1) is 9.36. The Balaban J connectivity index is 3.17. The van der Waals surface area contributed by atoms with Crippen LogP contribution in [-0.2, 0) is 9.53 Å². The van der Waals surface area contributed by atoms with Gasteiger partial charge in [-0.1, -0.05) is 0 Å². The van der Waals surface area contributed by atoms with E-state index < -0.39 is 16.7 Å². The standard InChI is InChI=1S/C13H17FN2O4/c1-4-20-13(17)8-15(9(2)3)12-7-10(14)5-6-11(12)16(18)19/h5-7,9H,4,8H2,1-3H3. The van der Waals surface area contributed by atoms with Gasteiger partial charge in [0.2, 0.25) is 0 Å². The van der Waals surface area contributed by atoms with Crippen molar-refractivity contribution in [3.05, 3.63) is 34.1 Å².